The summed E-state index contributed by atoms with van der Waals surface area (Å²) >= 11 is 0. The molecule has 0 bridgehead atoms. The number of hydrogen-bond acceptors (Lipinski definition) is 5. The van der Waals surface area contributed by atoms with Crippen LogP contribution in [0.3, 0.4) is 0 Å². The zero-order valence-electron chi connectivity index (χ0n) is 38.9. The first-order chi connectivity index (χ1) is 28.5. The Morgan fingerprint density at radius 1 is 0.517 bits per heavy atom. The lowest BCUT2D eigenvalue weighted by atomic mass is 10.0. The molecule has 0 aromatic carbocycles. The van der Waals surface area contributed by atoms with E-state index in [-0.39, 0.29) is 24.9 Å². The van der Waals surface area contributed by atoms with Gasteiger partial charge in [0.2, 0.25) is 5.91 Å². The van der Waals surface area contributed by atoms with E-state index in [9.17, 15) is 19.8 Å². The number of carbonyl (C=O) groups excluding carboxylic acids is 2. The molecule has 58 heavy (non-hydrogen) atoms. The Hall–Kier alpha value is -1.66. The number of nitrogens with one attached hydrogen (secondary N) is 1. The van der Waals surface area contributed by atoms with Gasteiger partial charge in [-0.1, -0.05) is 231 Å². The number of aliphatic hydroxyl groups is 2. The fraction of sp³-hybridized carbons (Fsp3) is 0.885. The van der Waals surface area contributed by atoms with Crippen molar-refractivity contribution in [2.75, 3.05) is 6.61 Å². The van der Waals surface area contributed by atoms with Gasteiger partial charge < -0.3 is 20.3 Å². The number of rotatable bonds is 46. The third-order valence-corrected chi connectivity index (χ3v) is 11.8. The molecule has 0 aliphatic heterocycles. The van der Waals surface area contributed by atoms with Crippen molar-refractivity contribution in [3.05, 3.63) is 24.3 Å². The van der Waals surface area contributed by atoms with Crippen molar-refractivity contribution in [3.8, 4) is 0 Å². The highest BCUT2D eigenvalue weighted by Gasteiger charge is 2.24. The van der Waals surface area contributed by atoms with E-state index >= 15 is 0 Å². The summed E-state index contributed by atoms with van der Waals surface area (Å²) in [6.45, 7) is 6.39. The van der Waals surface area contributed by atoms with Crippen LogP contribution in [0.5, 0.6) is 0 Å². The highest BCUT2D eigenvalue weighted by molar-refractivity contribution is 5.77. The minimum absolute atomic E-state index is 0.0798. The summed E-state index contributed by atoms with van der Waals surface area (Å²) in [5.74, 6) is -0.470. The van der Waals surface area contributed by atoms with E-state index in [4.69, 9.17) is 4.74 Å². The van der Waals surface area contributed by atoms with Gasteiger partial charge in [0.15, 0.2) is 0 Å². The molecule has 1 amide bonds. The molecule has 0 aromatic rings. The first-order valence-corrected chi connectivity index (χ1v) is 25.6. The number of carbonyl (C=O) groups is 2. The fourth-order valence-electron chi connectivity index (χ4n) is 7.94. The zero-order valence-corrected chi connectivity index (χ0v) is 38.9. The maximum atomic E-state index is 13.2. The molecule has 342 valence electrons. The first kappa shape index (κ1) is 56.3. The number of esters is 1. The smallest absolute Gasteiger partial charge is 0.306 e. The van der Waals surface area contributed by atoms with Gasteiger partial charge in [-0.3, -0.25) is 9.59 Å². The van der Waals surface area contributed by atoms with Crippen LogP contribution in [-0.2, 0) is 14.3 Å². The Morgan fingerprint density at radius 2 is 0.931 bits per heavy atom. The largest absolute Gasteiger partial charge is 0.462 e. The van der Waals surface area contributed by atoms with Crippen molar-refractivity contribution in [2.45, 2.75) is 289 Å². The minimum atomic E-state index is -0.783. The highest BCUT2D eigenvalue weighted by Crippen LogP contribution is 2.18. The van der Waals surface area contributed by atoms with Crippen molar-refractivity contribution >= 4 is 11.9 Å². The van der Waals surface area contributed by atoms with E-state index in [0.717, 1.165) is 64.2 Å². The van der Waals surface area contributed by atoms with Gasteiger partial charge in [0.1, 0.15) is 6.10 Å². The van der Waals surface area contributed by atoms with Gasteiger partial charge in [-0.15, -0.1) is 0 Å². The van der Waals surface area contributed by atoms with Gasteiger partial charge in [0.25, 0.3) is 0 Å². The molecule has 0 saturated heterocycles. The van der Waals surface area contributed by atoms with E-state index in [0.29, 0.717) is 19.3 Å². The van der Waals surface area contributed by atoms with Gasteiger partial charge >= 0.3 is 5.97 Å². The summed E-state index contributed by atoms with van der Waals surface area (Å²) in [5.41, 5.74) is 0. The molecule has 3 atom stereocenters. The molecule has 0 aromatic heterocycles. The van der Waals surface area contributed by atoms with Crippen molar-refractivity contribution in [3.63, 3.8) is 0 Å². The Kier molecular flexibility index (Phi) is 45.1. The number of allylic oxidation sites excluding steroid dienone is 4. The number of hydrogen-bond donors (Lipinski definition) is 3. The predicted octanol–water partition coefficient (Wildman–Crippen LogP) is 15.1. The maximum Gasteiger partial charge on any atom is 0.306 e. The van der Waals surface area contributed by atoms with Crippen LogP contribution < -0.4 is 5.32 Å². The van der Waals surface area contributed by atoms with E-state index in [1.807, 2.05) is 0 Å². The van der Waals surface area contributed by atoms with E-state index in [1.54, 1.807) is 0 Å². The second-order valence-electron chi connectivity index (χ2n) is 17.5. The van der Waals surface area contributed by atoms with Gasteiger partial charge in [-0.25, -0.2) is 0 Å². The lowest BCUT2D eigenvalue weighted by molar-refractivity contribution is -0.151. The molecule has 3 N–H and O–H groups in total. The molecule has 0 aliphatic rings. The molecule has 0 rings (SSSR count). The fourth-order valence-corrected chi connectivity index (χ4v) is 7.94. The second-order valence-corrected chi connectivity index (χ2v) is 17.5. The molecule has 0 radical (unpaired) electrons. The summed E-state index contributed by atoms with van der Waals surface area (Å²) in [6.07, 6.45) is 52.3. The van der Waals surface area contributed by atoms with Crippen LogP contribution in [0.4, 0.5) is 0 Å². The average Bonchev–Trinajstić information content (AvgIpc) is 3.22. The van der Waals surface area contributed by atoms with Crippen molar-refractivity contribution in [1.29, 1.82) is 0 Å². The summed E-state index contributed by atoms with van der Waals surface area (Å²) in [5, 5.41) is 23.7. The minimum Gasteiger partial charge on any atom is -0.462 e. The van der Waals surface area contributed by atoms with Crippen LogP contribution in [0.2, 0.25) is 0 Å². The molecule has 0 saturated carbocycles. The van der Waals surface area contributed by atoms with E-state index < -0.39 is 18.2 Å². The van der Waals surface area contributed by atoms with Gasteiger partial charge in [-0.05, 0) is 51.4 Å². The Morgan fingerprint density at radius 3 is 1.40 bits per heavy atom. The zero-order chi connectivity index (χ0) is 42.4. The van der Waals surface area contributed by atoms with Crippen molar-refractivity contribution in [2.24, 2.45) is 0 Å². The summed E-state index contributed by atoms with van der Waals surface area (Å²) in [6, 6.07) is -0.697. The van der Waals surface area contributed by atoms with Gasteiger partial charge in [0, 0.05) is 6.42 Å². The van der Waals surface area contributed by atoms with Gasteiger partial charge in [-0.2, -0.15) is 0 Å². The van der Waals surface area contributed by atoms with E-state index in [1.165, 1.54) is 161 Å². The topological polar surface area (TPSA) is 95.9 Å². The second kappa shape index (κ2) is 46.4. The number of unbranched alkanes of at least 4 members (excludes halogenated alkanes) is 30. The van der Waals surface area contributed by atoms with Crippen molar-refractivity contribution in [1.82, 2.24) is 5.32 Å². The Balaban J connectivity index is 4.55. The van der Waals surface area contributed by atoms with Crippen LogP contribution in [0, 0.1) is 0 Å². The Labute approximate surface area is 361 Å². The van der Waals surface area contributed by atoms with Crippen LogP contribution in [0.15, 0.2) is 24.3 Å². The Bertz CT molecular complexity index is 919. The number of ether oxygens (including phenoxy) is 1. The molecule has 0 spiro atoms. The predicted molar refractivity (Wildman–Crippen MR) is 250 cm³/mol. The van der Waals surface area contributed by atoms with Crippen LogP contribution >= 0.6 is 0 Å². The summed E-state index contributed by atoms with van der Waals surface area (Å²) in [4.78, 5) is 26.1. The molecule has 0 aliphatic carbocycles. The van der Waals surface area contributed by atoms with Crippen LogP contribution in [0.25, 0.3) is 0 Å². The van der Waals surface area contributed by atoms with Crippen LogP contribution in [0.1, 0.15) is 271 Å². The molecular weight excluding hydrogens is 719 g/mol. The SMILES string of the molecule is CC/C=C/C/C=C/CCCCCCCCCC(=O)OC(CCCCCCCCCCCCCCC)CC(=O)NC(CO)C(O)CCCCCCCCCCCCCC. The molecule has 0 fully saturated rings. The lowest BCUT2D eigenvalue weighted by Crippen LogP contribution is -2.46. The lowest BCUT2D eigenvalue weighted by Gasteiger charge is -2.24. The van der Waals surface area contributed by atoms with E-state index in [2.05, 4.69) is 50.4 Å². The molecule has 0 heterocycles. The average molecular weight is 818 g/mol. The molecular formula is C52H99NO5. The third-order valence-electron chi connectivity index (χ3n) is 11.8. The highest BCUT2D eigenvalue weighted by atomic mass is 16.5. The number of amides is 1. The molecule has 6 nitrogen and oxygen atoms in total. The monoisotopic (exact) mass is 818 g/mol. The maximum absolute atomic E-state index is 13.2. The third kappa shape index (κ3) is 41.1. The van der Waals surface area contributed by atoms with Crippen LogP contribution in [-0.4, -0.2) is 46.9 Å². The normalized spacial score (nSPS) is 13.4. The van der Waals surface area contributed by atoms with Gasteiger partial charge in [0.05, 0.1) is 25.2 Å². The standard InChI is InChI=1S/C52H99NO5/c1-4-7-10-13-16-19-22-25-27-30-33-36-39-42-45-52(57)58-48(43-40-37-34-31-28-26-23-20-17-14-11-8-5-2)46-51(56)53-49(47-54)50(55)44-41-38-35-32-29-24-21-18-15-12-9-6-3/h7,10,16,19,48-50,54-55H,4-6,8-9,11-15,17-18,20-47H2,1-3H3,(H,53,56)/b10-7+,19-16+. The summed E-state index contributed by atoms with van der Waals surface area (Å²) < 4.78 is 5.93. The molecule has 3 unspecified atom stereocenters. The summed E-state index contributed by atoms with van der Waals surface area (Å²) in [7, 11) is 0. The quantitative estimate of drug-likeness (QED) is 0.0323. The first-order valence-electron chi connectivity index (χ1n) is 25.6. The number of aliphatic hydroxyl groups excluding tert-OH is 2. The van der Waals surface area contributed by atoms with Crippen molar-refractivity contribution < 1.29 is 24.5 Å². The molecule has 6 heteroatoms.